The molecule has 26 rings (SSSR count). The lowest BCUT2D eigenvalue weighted by Gasteiger charge is -2.22. The van der Waals surface area contributed by atoms with Crippen molar-refractivity contribution in [1.82, 2.24) is 38.2 Å². The second kappa shape index (κ2) is 24.8. The third-order valence-electron chi connectivity index (χ3n) is 25.2. The zero-order valence-electron chi connectivity index (χ0n) is 63.9. The van der Waals surface area contributed by atoms with Crippen LogP contribution in [0.25, 0.3) is 231 Å². The zero-order chi connectivity index (χ0) is 76.9. The van der Waals surface area contributed by atoms with Gasteiger partial charge in [-0.05, 0) is 220 Å². The maximum atomic E-state index is 5.49. The van der Waals surface area contributed by atoms with Crippen molar-refractivity contribution >= 4 is 174 Å². The molecule has 117 heavy (non-hydrogen) atoms. The fraction of sp³-hybridized carbons (Fsp3) is 0.0275. The molecule has 0 bridgehead atoms. The minimum atomic E-state index is -0.140. The lowest BCUT2D eigenvalue weighted by Crippen LogP contribution is -2.15. The lowest BCUT2D eigenvalue weighted by molar-refractivity contribution is 0.660. The van der Waals surface area contributed by atoms with E-state index in [0.29, 0.717) is 0 Å². The summed E-state index contributed by atoms with van der Waals surface area (Å²) in [4.78, 5) is 21.8. The number of para-hydroxylation sites is 8. The van der Waals surface area contributed by atoms with Gasteiger partial charge in [0.25, 0.3) is 0 Å². The Kier molecular flexibility index (Phi) is 13.8. The number of aromatic nitrogens is 8. The fourth-order valence-electron chi connectivity index (χ4n) is 19.7. The summed E-state index contributed by atoms with van der Waals surface area (Å²) >= 11 is 0. The third kappa shape index (κ3) is 9.82. The molecule has 0 N–H and O–H groups in total. The molecule has 8 heteroatoms. The average Bonchev–Trinajstić information content (AvgIpc) is 1.58. The maximum Gasteiger partial charge on any atom is 0.165 e. The molecule has 6 aromatic heterocycles. The topological polar surface area (TPSA) is 71.3 Å². The van der Waals surface area contributed by atoms with Crippen LogP contribution in [0.5, 0.6) is 0 Å². The highest BCUT2D eigenvalue weighted by atomic mass is 15.1. The van der Waals surface area contributed by atoms with Gasteiger partial charge in [-0.15, -0.1) is 0 Å². The van der Waals surface area contributed by atoms with E-state index in [0.717, 1.165) is 100 Å². The van der Waals surface area contributed by atoms with Crippen molar-refractivity contribution in [3.63, 3.8) is 0 Å². The highest BCUT2D eigenvalue weighted by molar-refractivity contribution is 6.19. The first kappa shape index (κ1) is 65.2. The van der Waals surface area contributed by atoms with Gasteiger partial charge in [-0.25, -0.2) is 19.9 Å². The van der Waals surface area contributed by atoms with E-state index in [1.165, 1.54) is 141 Å². The Morgan fingerprint density at radius 2 is 0.521 bits per heavy atom. The Morgan fingerprint density at radius 1 is 0.197 bits per heavy atom. The van der Waals surface area contributed by atoms with Gasteiger partial charge < -0.3 is 9.13 Å². The first-order valence-corrected chi connectivity index (χ1v) is 40.2. The summed E-state index contributed by atoms with van der Waals surface area (Å²) < 4.78 is 9.54. The highest BCUT2D eigenvalue weighted by Crippen LogP contribution is 2.51. The highest BCUT2D eigenvalue weighted by Gasteiger charge is 2.36. The SMILES string of the molecule is CC1(C)c2ccccc2-c2ccc(-c3nc4ccccc4nc3-n3c4ccccc4c4cc5ccc(-n6c7ccccc7c7cc8ccccc8cc76)cc5cc43)cc21.c1ccc2cc3c(cc2c1)c1ccccc1n3-c1ccc2cc3c4ccccc4n(-c4nc5ccccc5nc4-c4ccc5ccc6ccccc6c5c4)c3cc2c1. The van der Waals surface area contributed by atoms with Crippen molar-refractivity contribution in [3.05, 3.63) is 387 Å². The van der Waals surface area contributed by atoms with Crippen LogP contribution in [0.4, 0.5) is 0 Å². The predicted molar refractivity (Wildman–Crippen MR) is 490 cm³/mol. The molecule has 8 nitrogen and oxygen atoms in total. The van der Waals surface area contributed by atoms with Crippen LogP contribution in [0.15, 0.2) is 376 Å². The van der Waals surface area contributed by atoms with Crippen LogP contribution in [-0.4, -0.2) is 38.2 Å². The second-order valence-electron chi connectivity index (χ2n) is 32.1. The quantitative estimate of drug-likeness (QED) is 0.156. The summed E-state index contributed by atoms with van der Waals surface area (Å²) in [5.74, 6) is 1.64. The van der Waals surface area contributed by atoms with Crippen LogP contribution in [-0.2, 0) is 5.41 Å². The molecule has 0 aliphatic heterocycles. The molecular formula is C109H68N8. The first-order valence-electron chi connectivity index (χ1n) is 40.2. The van der Waals surface area contributed by atoms with Crippen LogP contribution in [0.1, 0.15) is 25.0 Å². The molecule has 6 heterocycles. The summed E-state index contributed by atoms with van der Waals surface area (Å²) in [6.07, 6.45) is 0. The normalized spacial score (nSPS) is 12.8. The van der Waals surface area contributed by atoms with Gasteiger partial charge in [0.05, 0.1) is 66.2 Å². The minimum absolute atomic E-state index is 0.140. The Bertz CT molecular complexity index is 8640. The van der Waals surface area contributed by atoms with Crippen molar-refractivity contribution in [1.29, 1.82) is 0 Å². The Balaban J connectivity index is 0.000000131. The van der Waals surface area contributed by atoms with Crippen LogP contribution >= 0.6 is 0 Å². The van der Waals surface area contributed by atoms with E-state index in [9.17, 15) is 0 Å². The zero-order valence-corrected chi connectivity index (χ0v) is 63.9. The molecule has 1 aliphatic carbocycles. The largest absolute Gasteiger partial charge is 0.309 e. The van der Waals surface area contributed by atoms with E-state index in [4.69, 9.17) is 19.9 Å². The van der Waals surface area contributed by atoms with Crippen LogP contribution in [0, 0.1) is 0 Å². The Morgan fingerprint density at radius 3 is 1.01 bits per heavy atom. The second-order valence-corrected chi connectivity index (χ2v) is 32.1. The van der Waals surface area contributed by atoms with Gasteiger partial charge in [0.15, 0.2) is 11.6 Å². The molecule has 1 aliphatic rings. The van der Waals surface area contributed by atoms with Gasteiger partial charge in [0.1, 0.15) is 11.4 Å². The third-order valence-corrected chi connectivity index (χ3v) is 25.2. The molecule has 544 valence electrons. The minimum Gasteiger partial charge on any atom is -0.309 e. The number of hydrogen-bond donors (Lipinski definition) is 0. The smallest absolute Gasteiger partial charge is 0.165 e. The molecule has 0 saturated heterocycles. The van der Waals surface area contributed by atoms with Crippen molar-refractivity contribution in [2.45, 2.75) is 19.3 Å². The van der Waals surface area contributed by atoms with Gasteiger partial charge >= 0.3 is 0 Å². The van der Waals surface area contributed by atoms with Crippen molar-refractivity contribution < 1.29 is 0 Å². The van der Waals surface area contributed by atoms with E-state index in [-0.39, 0.29) is 5.41 Å². The molecule has 19 aromatic carbocycles. The molecule has 0 radical (unpaired) electrons. The number of nitrogens with zero attached hydrogens (tertiary/aromatic N) is 8. The monoisotopic (exact) mass is 1490 g/mol. The van der Waals surface area contributed by atoms with Gasteiger partial charge in [-0.2, -0.15) is 0 Å². The molecule has 0 amide bonds. The summed E-state index contributed by atoms with van der Waals surface area (Å²) in [5.41, 5.74) is 23.9. The fourth-order valence-corrected chi connectivity index (χ4v) is 19.7. The van der Waals surface area contributed by atoms with E-state index < -0.39 is 0 Å². The van der Waals surface area contributed by atoms with Gasteiger partial charge in [-0.3, -0.25) is 9.13 Å². The van der Waals surface area contributed by atoms with Gasteiger partial charge in [0, 0.05) is 71.0 Å². The maximum absolute atomic E-state index is 5.49. The Labute approximate surface area is 670 Å². The van der Waals surface area contributed by atoms with E-state index >= 15 is 0 Å². The molecule has 0 unspecified atom stereocenters. The molecule has 0 spiro atoms. The van der Waals surface area contributed by atoms with E-state index in [1.807, 2.05) is 24.3 Å². The van der Waals surface area contributed by atoms with Gasteiger partial charge in [0.2, 0.25) is 0 Å². The summed E-state index contributed by atoms with van der Waals surface area (Å²) in [6.45, 7) is 4.67. The van der Waals surface area contributed by atoms with Gasteiger partial charge in [-0.1, -0.05) is 257 Å². The van der Waals surface area contributed by atoms with E-state index in [1.54, 1.807) is 0 Å². The lowest BCUT2D eigenvalue weighted by atomic mass is 9.82. The van der Waals surface area contributed by atoms with Crippen molar-refractivity contribution in [2.75, 3.05) is 0 Å². The summed E-state index contributed by atoms with van der Waals surface area (Å²) in [6, 6.07) is 137. The number of hydrogen-bond acceptors (Lipinski definition) is 4. The molecule has 25 aromatic rings. The van der Waals surface area contributed by atoms with Crippen LogP contribution in [0.2, 0.25) is 0 Å². The van der Waals surface area contributed by atoms with Crippen molar-refractivity contribution in [3.8, 4) is 56.7 Å². The molecule has 0 fully saturated rings. The summed E-state index contributed by atoms with van der Waals surface area (Å²) in [7, 11) is 0. The number of fused-ring (bicyclic) bond motifs is 24. The van der Waals surface area contributed by atoms with Crippen LogP contribution < -0.4 is 0 Å². The molecule has 0 atom stereocenters. The summed E-state index contributed by atoms with van der Waals surface area (Å²) in [5, 5.41) is 24.3. The average molecular weight is 1490 g/mol. The Hall–Kier alpha value is -15.4. The molecular weight excluding hydrogens is 1420 g/mol. The predicted octanol–water partition coefficient (Wildman–Crippen LogP) is 28.2. The first-order chi connectivity index (χ1) is 57.7. The number of rotatable bonds is 6. The molecule has 0 saturated carbocycles. The number of benzene rings is 19. The van der Waals surface area contributed by atoms with Crippen LogP contribution in [0.3, 0.4) is 0 Å². The standard InChI is InChI=1S/C55H36N4.C54H32N4/c1-55(2)45-18-8-5-15-39(45)40-26-24-36(30-46(40)55)53-54(57-48-20-10-9-19-47(48)56-53)59-50-22-12-7-17-42(50)44-29-35-23-25-38(27-37(35)32-52(44)59)58-49-21-11-6-16-41(49)43-28-33-13-3-4-14-34(33)31-51(43)58;1-2-13-36-31-51-45(28-35(36)12-1)42-15-5-9-19-49(42)57(51)40-26-25-37-29-46-43-16-6-10-20-50(43)58(52(46)32-39(37)27-40)54-53(55-47-17-7-8-18-48(47)56-54)38-24-23-34-22-21-33-11-3-4-14-41(33)44(34)30-38/h3-32H,1-2H3;1-32H. The van der Waals surface area contributed by atoms with Crippen molar-refractivity contribution in [2.24, 2.45) is 0 Å². The van der Waals surface area contributed by atoms with E-state index in [2.05, 4.69) is 384 Å².